The predicted molar refractivity (Wildman–Crippen MR) is 76.5 cm³/mol. The van der Waals surface area contributed by atoms with Gasteiger partial charge in [-0.25, -0.2) is 0 Å². The number of amides is 1. The Kier molecular flexibility index (Phi) is 6.25. The number of hydrogen-bond acceptors (Lipinski definition) is 3. The fourth-order valence-electron chi connectivity index (χ4n) is 2.13. The van der Waals surface area contributed by atoms with Gasteiger partial charge in [-0.1, -0.05) is 25.4 Å². The first-order valence-electron chi connectivity index (χ1n) is 6.59. The SMILES string of the molecule is CCC(CC)N(CCO)C(=O)c1cnc(C)cc1Cl. The summed E-state index contributed by atoms with van der Waals surface area (Å²) in [6, 6.07) is 1.79. The minimum Gasteiger partial charge on any atom is -0.395 e. The Morgan fingerprint density at radius 1 is 1.47 bits per heavy atom. The molecule has 5 heteroatoms. The predicted octanol–water partition coefficient (Wildman–Crippen LogP) is 2.67. The summed E-state index contributed by atoms with van der Waals surface area (Å²) < 4.78 is 0. The zero-order valence-corrected chi connectivity index (χ0v) is 12.4. The van der Waals surface area contributed by atoms with Crippen molar-refractivity contribution in [2.45, 2.75) is 39.7 Å². The van der Waals surface area contributed by atoms with Crippen LogP contribution in [0.4, 0.5) is 0 Å². The van der Waals surface area contributed by atoms with E-state index < -0.39 is 0 Å². The second-order valence-electron chi connectivity index (χ2n) is 4.50. The molecule has 1 aromatic rings. The smallest absolute Gasteiger partial charge is 0.257 e. The highest BCUT2D eigenvalue weighted by Gasteiger charge is 2.23. The van der Waals surface area contributed by atoms with Gasteiger partial charge in [-0.15, -0.1) is 0 Å². The van der Waals surface area contributed by atoms with E-state index in [1.54, 1.807) is 11.0 Å². The van der Waals surface area contributed by atoms with Crippen LogP contribution < -0.4 is 0 Å². The molecule has 0 aliphatic heterocycles. The Bertz CT molecular complexity index is 433. The van der Waals surface area contributed by atoms with Gasteiger partial charge in [0.2, 0.25) is 0 Å². The summed E-state index contributed by atoms with van der Waals surface area (Å²) in [7, 11) is 0. The molecule has 0 saturated carbocycles. The average Bonchev–Trinajstić information content (AvgIpc) is 2.38. The molecule has 0 radical (unpaired) electrons. The lowest BCUT2D eigenvalue weighted by atomic mass is 10.1. The molecule has 0 aromatic carbocycles. The first-order valence-corrected chi connectivity index (χ1v) is 6.96. The lowest BCUT2D eigenvalue weighted by molar-refractivity contribution is 0.0622. The Hall–Kier alpha value is -1.13. The second-order valence-corrected chi connectivity index (χ2v) is 4.91. The highest BCUT2D eigenvalue weighted by molar-refractivity contribution is 6.33. The van der Waals surface area contributed by atoms with E-state index in [0.29, 0.717) is 17.1 Å². The number of aliphatic hydroxyl groups is 1. The lowest BCUT2D eigenvalue weighted by Gasteiger charge is -2.30. The van der Waals surface area contributed by atoms with Gasteiger partial charge in [0.1, 0.15) is 0 Å². The number of hydrogen-bond donors (Lipinski definition) is 1. The van der Waals surface area contributed by atoms with Crippen molar-refractivity contribution in [1.82, 2.24) is 9.88 Å². The number of carbonyl (C=O) groups is 1. The van der Waals surface area contributed by atoms with Gasteiger partial charge >= 0.3 is 0 Å². The average molecular weight is 285 g/mol. The van der Waals surface area contributed by atoms with Crippen LogP contribution in [0.15, 0.2) is 12.3 Å². The summed E-state index contributed by atoms with van der Waals surface area (Å²) in [5.74, 6) is -0.166. The van der Waals surface area contributed by atoms with Crippen LogP contribution in [0.5, 0.6) is 0 Å². The van der Waals surface area contributed by atoms with E-state index in [4.69, 9.17) is 16.7 Å². The van der Waals surface area contributed by atoms with Gasteiger partial charge in [-0.05, 0) is 25.8 Å². The van der Waals surface area contributed by atoms with E-state index in [2.05, 4.69) is 4.98 Å². The third-order valence-electron chi connectivity index (χ3n) is 3.21. The highest BCUT2D eigenvalue weighted by Crippen LogP contribution is 2.20. The van der Waals surface area contributed by atoms with Gasteiger partial charge in [0.15, 0.2) is 0 Å². The molecule has 0 aliphatic carbocycles. The van der Waals surface area contributed by atoms with E-state index >= 15 is 0 Å². The van der Waals surface area contributed by atoms with E-state index in [9.17, 15) is 4.79 Å². The van der Waals surface area contributed by atoms with Crippen LogP contribution in [0.3, 0.4) is 0 Å². The molecule has 0 spiro atoms. The molecule has 4 nitrogen and oxygen atoms in total. The van der Waals surface area contributed by atoms with E-state index in [1.807, 2.05) is 20.8 Å². The molecule has 0 fully saturated rings. The van der Waals surface area contributed by atoms with Crippen molar-refractivity contribution in [3.8, 4) is 0 Å². The first kappa shape index (κ1) is 15.9. The quantitative estimate of drug-likeness (QED) is 0.874. The zero-order valence-electron chi connectivity index (χ0n) is 11.7. The first-order chi connectivity index (χ1) is 9.04. The molecule has 1 heterocycles. The van der Waals surface area contributed by atoms with Crippen LogP contribution in [-0.2, 0) is 0 Å². The van der Waals surface area contributed by atoms with Gasteiger partial charge in [0.25, 0.3) is 5.91 Å². The Morgan fingerprint density at radius 3 is 2.58 bits per heavy atom. The molecule has 0 atom stereocenters. The third-order valence-corrected chi connectivity index (χ3v) is 3.52. The minimum atomic E-state index is -0.166. The van der Waals surface area contributed by atoms with Crippen molar-refractivity contribution in [1.29, 1.82) is 0 Å². The lowest BCUT2D eigenvalue weighted by Crippen LogP contribution is -2.41. The summed E-state index contributed by atoms with van der Waals surface area (Å²) in [5, 5.41) is 9.55. The van der Waals surface area contributed by atoms with Crippen molar-refractivity contribution in [3.63, 3.8) is 0 Å². The zero-order chi connectivity index (χ0) is 14.4. The number of aryl methyl sites for hydroxylation is 1. The van der Waals surface area contributed by atoms with Crippen LogP contribution in [0.2, 0.25) is 5.02 Å². The summed E-state index contributed by atoms with van der Waals surface area (Å²) in [6.45, 7) is 6.14. The maximum absolute atomic E-state index is 12.5. The van der Waals surface area contributed by atoms with Crippen LogP contribution in [0.25, 0.3) is 0 Å². The molecule has 0 saturated heterocycles. The number of carbonyl (C=O) groups excluding carboxylic acids is 1. The molecule has 19 heavy (non-hydrogen) atoms. The maximum atomic E-state index is 12.5. The molecule has 106 valence electrons. The van der Waals surface area contributed by atoms with Gasteiger partial charge in [0.05, 0.1) is 17.2 Å². The largest absolute Gasteiger partial charge is 0.395 e. The summed E-state index contributed by atoms with van der Waals surface area (Å²) in [6.07, 6.45) is 3.20. The highest BCUT2D eigenvalue weighted by atomic mass is 35.5. The van der Waals surface area contributed by atoms with Crippen molar-refractivity contribution >= 4 is 17.5 Å². The van der Waals surface area contributed by atoms with Crippen molar-refractivity contribution in [2.24, 2.45) is 0 Å². The van der Waals surface area contributed by atoms with E-state index in [1.165, 1.54) is 6.20 Å². The molecular formula is C14H21ClN2O2. The molecule has 1 amide bonds. The maximum Gasteiger partial charge on any atom is 0.257 e. The van der Waals surface area contributed by atoms with Crippen molar-refractivity contribution in [2.75, 3.05) is 13.2 Å². The summed E-state index contributed by atoms with van der Waals surface area (Å²) in [5.41, 5.74) is 1.17. The summed E-state index contributed by atoms with van der Waals surface area (Å²) in [4.78, 5) is 18.3. The van der Waals surface area contributed by atoms with Gasteiger partial charge in [0, 0.05) is 24.5 Å². The number of aromatic nitrogens is 1. The number of halogens is 1. The molecular weight excluding hydrogens is 264 g/mol. The Morgan fingerprint density at radius 2 is 2.11 bits per heavy atom. The second kappa shape index (κ2) is 7.46. The van der Waals surface area contributed by atoms with Crippen LogP contribution in [0.1, 0.15) is 42.7 Å². The monoisotopic (exact) mass is 284 g/mol. The Labute approximate surface area is 119 Å². The number of pyridine rings is 1. The van der Waals surface area contributed by atoms with Gasteiger partial charge in [-0.3, -0.25) is 9.78 Å². The van der Waals surface area contributed by atoms with E-state index in [-0.39, 0.29) is 18.6 Å². The molecule has 0 unspecified atom stereocenters. The number of nitrogens with zero attached hydrogens (tertiary/aromatic N) is 2. The van der Waals surface area contributed by atoms with Crippen LogP contribution >= 0.6 is 11.6 Å². The normalized spacial score (nSPS) is 10.8. The van der Waals surface area contributed by atoms with Gasteiger partial charge in [-0.2, -0.15) is 0 Å². The molecule has 0 bridgehead atoms. The fourth-order valence-corrected chi connectivity index (χ4v) is 2.41. The molecule has 1 rings (SSSR count). The number of aliphatic hydroxyl groups excluding tert-OH is 1. The fraction of sp³-hybridized carbons (Fsp3) is 0.571. The van der Waals surface area contributed by atoms with Crippen LogP contribution in [-0.4, -0.2) is 40.1 Å². The van der Waals surface area contributed by atoms with Crippen molar-refractivity contribution < 1.29 is 9.90 Å². The third kappa shape index (κ3) is 3.91. The van der Waals surface area contributed by atoms with Crippen molar-refractivity contribution in [3.05, 3.63) is 28.5 Å². The molecule has 0 aliphatic rings. The Balaban J connectivity index is 3.04. The standard InChI is InChI=1S/C14H21ClN2O2/c1-4-11(5-2)17(6-7-18)14(19)12-9-16-10(3)8-13(12)15/h8-9,11,18H,4-7H2,1-3H3. The van der Waals surface area contributed by atoms with Gasteiger partial charge < -0.3 is 10.0 Å². The minimum absolute atomic E-state index is 0.0564. The summed E-state index contributed by atoms with van der Waals surface area (Å²) >= 11 is 6.11. The van der Waals surface area contributed by atoms with Crippen LogP contribution in [0, 0.1) is 6.92 Å². The molecule has 1 N–H and O–H groups in total. The molecule has 1 aromatic heterocycles. The number of rotatable bonds is 6. The van der Waals surface area contributed by atoms with E-state index in [0.717, 1.165) is 18.5 Å². The topological polar surface area (TPSA) is 53.4 Å².